The Kier molecular flexibility index (Phi) is 15.0. The lowest BCUT2D eigenvalue weighted by atomic mass is 10.1. The second kappa shape index (κ2) is 14.8. The number of nitrogens with zero attached hydrogens (tertiary/aromatic N) is 2. The summed E-state index contributed by atoms with van der Waals surface area (Å²) in [5.74, 6) is 2.86. The topological polar surface area (TPSA) is 46.1 Å². The van der Waals surface area contributed by atoms with Crippen LogP contribution in [0.25, 0.3) is 0 Å². The van der Waals surface area contributed by atoms with Crippen LogP contribution < -0.4 is 5.32 Å². The lowest BCUT2D eigenvalue weighted by Gasteiger charge is -2.21. The van der Waals surface area contributed by atoms with Crippen molar-refractivity contribution in [2.24, 2.45) is 10.9 Å². The number of nitrogens with one attached hydrogen (secondary N) is 1. The molecule has 7 heteroatoms. The Morgan fingerprint density at radius 2 is 2.23 bits per heavy atom. The largest absolute Gasteiger partial charge is 0.382 e. The van der Waals surface area contributed by atoms with Crippen molar-refractivity contribution in [3.8, 4) is 0 Å². The maximum absolute atomic E-state index is 5.64. The van der Waals surface area contributed by atoms with Crippen LogP contribution in [0.3, 0.4) is 0 Å². The van der Waals surface area contributed by atoms with Gasteiger partial charge in [0.05, 0.1) is 19.8 Å². The fourth-order valence-electron chi connectivity index (χ4n) is 2.37. The number of guanidine groups is 1. The molecule has 1 aliphatic heterocycles. The van der Waals surface area contributed by atoms with Gasteiger partial charge in [0.2, 0.25) is 0 Å². The van der Waals surface area contributed by atoms with E-state index in [1.807, 2.05) is 11.8 Å². The maximum Gasteiger partial charge on any atom is 0.193 e. The molecule has 1 aliphatic rings. The van der Waals surface area contributed by atoms with Crippen molar-refractivity contribution in [3.63, 3.8) is 0 Å². The molecule has 22 heavy (non-hydrogen) atoms. The number of ether oxygens (including phenoxy) is 2. The van der Waals surface area contributed by atoms with E-state index in [1.165, 1.54) is 12.2 Å². The standard InChI is InChI=1S/C15H31N3O2S.HI/c1-4-16-15(17-7-5-11-21-3)18-8-6-14(12-18)13-20-10-9-19-2;/h14H,4-13H2,1-3H3,(H,16,17);1H. The molecule has 0 aromatic heterocycles. The number of rotatable bonds is 10. The molecular weight excluding hydrogens is 413 g/mol. The first-order chi connectivity index (χ1) is 10.3. The number of hydrogen-bond acceptors (Lipinski definition) is 4. The second-order valence-electron chi connectivity index (χ2n) is 5.25. The van der Waals surface area contributed by atoms with Crippen molar-refractivity contribution in [2.75, 3.05) is 65.1 Å². The zero-order chi connectivity index (χ0) is 15.3. The molecule has 1 N–H and O–H groups in total. The van der Waals surface area contributed by atoms with Crippen molar-refractivity contribution < 1.29 is 9.47 Å². The van der Waals surface area contributed by atoms with Gasteiger partial charge in [-0.3, -0.25) is 4.99 Å². The molecule has 0 aromatic rings. The molecule has 0 spiro atoms. The SMILES string of the molecule is CCNC(=NCCCSC)N1CCC(COCCOC)C1.I. The second-order valence-corrected chi connectivity index (χ2v) is 6.24. The Balaban J connectivity index is 0.00000441. The maximum atomic E-state index is 5.64. The van der Waals surface area contributed by atoms with Crippen LogP contribution in [0.2, 0.25) is 0 Å². The average Bonchev–Trinajstić information content (AvgIpc) is 2.96. The van der Waals surface area contributed by atoms with Crippen molar-refractivity contribution in [2.45, 2.75) is 19.8 Å². The highest BCUT2D eigenvalue weighted by Crippen LogP contribution is 2.16. The Hall–Kier alpha value is 0.270. The molecule has 132 valence electrons. The van der Waals surface area contributed by atoms with Gasteiger partial charge in [-0.1, -0.05) is 0 Å². The molecule has 5 nitrogen and oxygen atoms in total. The molecule has 0 radical (unpaired) electrons. The summed E-state index contributed by atoms with van der Waals surface area (Å²) in [6.45, 7) is 8.27. The van der Waals surface area contributed by atoms with Crippen LogP contribution in [-0.4, -0.2) is 76.0 Å². The van der Waals surface area contributed by atoms with Crippen LogP contribution in [0, 0.1) is 5.92 Å². The highest BCUT2D eigenvalue weighted by molar-refractivity contribution is 14.0. The van der Waals surface area contributed by atoms with Gasteiger partial charge in [0, 0.05) is 39.2 Å². The van der Waals surface area contributed by atoms with Crippen LogP contribution in [-0.2, 0) is 9.47 Å². The predicted octanol–water partition coefficient (Wildman–Crippen LogP) is 2.31. The van der Waals surface area contributed by atoms with Crippen molar-refractivity contribution in [3.05, 3.63) is 0 Å². The third kappa shape index (κ3) is 9.42. The molecule has 1 fully saturated rings. The smallest absolute Gasteiger partial charge is 0.193 e. The van der Waals surface area contributed by atoms with E-state index in [1.54, 1.807) is 7.11 Å². The lowest BCUT2D eigenvalue weighted by Crippen LogP contribution is -2.40. The first-order valence-electron chi connectivity index (χ1n) is 7.90. The number of thioether (sulfide) groups is 1. The highest BCUT2D eigenvalue weighted by atomic mass is 127. The minimum atomic E-state index is 0. The van der Waals surface area contributed by atoms with E-state index >= 15 is 0 Å². The molecule has 0 amide bonds. The zero-order valence-corrected chi connectivity index (χ0v) is 17.3. The van der Waals surface area contributed by atoms with Crippen LogP contribution in [0.1, 0.15) is 19.8 Å². The van der Waals surface area contributed by atoms with Gasteiger partial charge >= 0.3 is 0 Å². The molecule has 0 bridgehead atoms. The van der Waals surface area contributed by atoms with Gasteiger partial charge in [0.25, 0.3) is 0 Å². The number of hydrogen-bond donors (Lipinski definition) is 1. The predicted molar refractivity (Wildman–Crippen MR) is 107 cm³/mol. The number of halogens is 1. The first kappa shape index (κ1) is 22.3. The third-order valence-corrected chi connectivity index (χ3v) is 4.17. The van der Waals surface area contributed by atoms with Gasteiger partial charge in [-0.2, -0.15) is 11.8 Å². The third-order valence-electron chi connectivity index (χ3n) is 3.47. The van der Waals surface area contributed by atoms with Crippen LogP contribution >= 0.6 is 35.7 Å². The van der Waals surface area contributed by atoms with E-state index in [0.717, 1.165) is 45.2 Å². The Morgan fingerprint density at radius 3 is 2.91 bits per heavy atom. The lowest BCUT2D eigenvalue weighted by molar-refractivity contribution is 0.0536. The molecule has 1 heterocycles. The van der Waals surface area contributed by atoms with Crippen molar-refractivity contribution in [1.29, 1.82) is 0 Å². The van der Waals surface area contributed by atoms with Gasteiger partial charge < -0.3 is 19.7 Å². The molecule has 0 aromatic carbocycles. The van der Waals surface area contributed by atoms with Gasteiger partial charge in [-0.05, 0) is 31.8 Å². The molecule has 1 atom stereocenters. The van der Waals surface area contributed by atoms with Gasteiger partial charge in [-0.15, -0.1) is 24.0 Å². The van der Waals surface area contributed by atoms with Gasteiger partial charge in [-0.25, -0.2) is 0 Å². The summed E-state index contributed by atoms with van der Waals surface area (Å²) in [5.41, 5.74) is 0. The molecule has 0 aliphatic carbocycles. The summed E-state index contributed by atoms with van der Waals surface area (Å²) in [6, 6.07) is 0. The number of likely N-dealkylation sites (tertiary alicyclic amines) is 1. The van der Waals surface area contributed by atoms with Crippen LogP contribution in [0.4, 0.5) is 0 Å². The van der Waals surface area contributed by atoms with Crippen LogP contribution in [0.15, 0.2) is 4.99 Å². The van der Waals surface area contributed by atoms with E-state index in [4.69, 9.17) is 14.5 Å². The van der Waals surface area contributed by atoms with Gasteiger partial charge in [0.1, 0.15) is 0 Å². The minimum Gasteiger partial charge on any atom is -0.382 e. The monoisotopic (exact) mass is 445 g/mol. The van der Waals surface area contributed by atoms with E-state index < -0.39 is 0 Å². The summed E-state index contributed by atoms with van der Waals surface area (Å²) in [4.78, 5) is 7.10. The van der Waals surface area contributed by atoms with E-state index in [0.29, 0.717) is 19.1 Å². The van der Waals surface area contributed by atoms with E-state index in [-0.39, 0.29) is 24.0 Å². The first-order valence-corrected chi connectivity index (χ1v) is 9.30. The fourth-order valence-corrected chi connectivity index (χ4v) is 2.79. The Morgan fingerprint density at radius 1 is 1.41 bits per heavy atom. The molecule has 1 saturated heterocycles. The summed E-state index contributed by atoms with van der Waals surface area (Å²) >= 11 is 1.88. The quantitative estimate of drug-likeness (QED) is 0.242. The average molecular weight is 445 g/mol. The number of aliphatic imine (C=N–C) groups is 1. The molecule has 0 saturated carbocycles. The van der Waals surface area contributed by atoms with Crippen molar-refractivity contribution in [1.82, 2.24) is 10.2 Å². The summed E-state index contributed by atoms with van der Waals surface area (Å²) < 4.78 is 10.6. The molecular formula is C15H32IN3O2S. The van der Waals surface area contributed by atoms with Gasteiger partial charge in [0.15, 0.2) is 5.96 Å². The van der Waals surface area contributed by atoms with Crippen LogP contribution in [0.5, 0.6) is 0 Å². The Bertz CT molecular complexity index is 296. The normalized spacial score (nSPS) is 18.4. The zero-order valence-electron chi connectivity index (χ0n) is 14.2. The molecule has 1 unspecified atom stereocenters. The highest BCUT2D eigenvalue weighted by Gasteiger charge is 2.24. The van der Waals surface area contributed by atoms with E-state index in [2.05, 4.69) is 23.4 Å². The minimum absolute atomic E-state index is 0. The van der Waals surface area contributed by atoms with Crippen molar-refractivity contribution >= 4 is 41.7 Å². The van der Waals surface area contributed by atoms with E-state index in [9.17, 15) is 0 Å². The number of methoxy groups -OCH3 is 1. The summed E-state index contributed by atoms with van der Waals surface area (Å²) in [5, 5.41) is 3.41. The fraction of sp³-hybridized carbons (Fsp3) is 0.933. The Labute approximate surface area is 157 Å². The molecule has 1 rings (SSSR count). The summed E-state index contributed by atoms with van der Waals surface area (Å²) in [7, 11) is 1.71. The summed E-state index contributed by atoms with van der Waals surface area (Å²) in [6.07, 6.45) is 4.47.